The standard InChI is InChI=1S/C9H7Br2FO2/c1-14-8(13)3-5-2-6(12)4-7(10)9(5)11/h2,4H,3H2,1H3. The number of carbonyl (C=O) groups is 1. The fourth-order valence-electron chi connectivity index (χ4n) is 0.966. The number of esters is 1. The molecular weight excluding hydrogens is 319 g/mol. The number of benzene rings is 1. The molecule has 1 rings (SSSR count). The van der Waals surface area contributed by atoms with Crippen LogP contribution in [0, 0.1) is 5.82 Å². The molecule has 0 aromatic heterocycles. The van der Waals surface area contributed by atoms with Gasteiger partial charge in [0.2, 0.25) is 0 Å². The molecule has 14 heavy (non-hydrogen) atoms. The van der Waals surface area contributed by atoms with Gasteiger partial charge in [-0.1, -0.05) is 0 Å². The van der Waals surface area contributed by atoms with E-state index < -0.39 is 5.97 Å². The van der Waals surface area contributed by atoms with E-state index >= 15 is 0 Å². The van der Waals surface area contributed by atoms with Crippen LogP contribution in [0.2, 0.25) is 0 Å². The van der Waals surface area contributed by atoms with Gasteiger partial charge in [0.05, 0.1) is 13.5 Å². The molecule has 76 valence electrons. The Labute approximate surface area is 97.7 Å². The molecule has 0 atom stereocenters. The average molecular weight is 326 g/mol. The molecular formula is C9H7Br2FO2. The van der Waals surface area contributed by atoms with E-state index in [0.717, 1.165) is 0 Å². The summed E-state index contributed by atoms with van der Waals surface area (Å²) in [5.41, 5.74) is 0.559. The third-order valence-corrected chi connectivity index (χ3v) is 3.72. The van der Waals surface area contributed by atoms with Crippen molar-refractivity contribution in [3.63, 3.8) is 0 Å². The first kappa shape index (κ1) is 11.7. The molecule has 5 heteroatoms. The largest absolute Gasteiger partial charge is 0.469 e. The summed E-state index contributed by atoms with van der Waals surface area (Å²) in [5.74, 6) is -0.790. The zero-order valence-electron chi connectivity index (χ0n) is 7.31. The molecule has 1 aromatic carbocycles. The van der Waals surface area contributed by atoms with E-state index in [0.29, 0.717) is 14.5 Å². The summed E-state index contributed by atoms with van der Waals surface area (Å²) >= 11 is 6.42. The lowest BCUT2D eigenvalue weighted by Crippen LogP contribution is -2.05. The molecule has 0 saturated carbocycles. The number of rotatable bonds is 2. The van der Waals surface area contributed by atoms with Gasteiger partial charge in [-0.15, -0.1) is 0 Å². The van der Waals surface area contributed by atoms with Gasteiger partial charge in [0.1, 0.15) is 5.82 Å². The quantitative estimate of drug-likeness (QED) is 0.617. The van der Waals surface area contributed by atoms with Crippen molar-refractivity contribution >= 4 is 37.8 Å². The molecule has 0 heterocycles. The predicted octanol–water partition coefficient (Wildman–Crippen LogP) is 3.07. The van der Waals surface area contributed by atoms with Crippen LogP contribution in [0.4, 0.5) is 4.39 Å². The van der Waals surface area contributed by atoms with Gasteiger partial charge in [0, 0.05) is 8.95 Å². The molecule has 0 aliphatic carbocycles. The van der Waals surface area contributed by atoms with Crippen LogP contribution in [0.15, 0.2) is 21.1 Å². The van der Waals surface area contributed by atoms with Crippen molar-refractivity contribution in [2.75, 3.05) is 7.11 Å². The van der Waals surface area contributed by atoms with Crippen LogP contribution in [0.1, 0.15) is 5.56 Å². The number of carbonyl (C=O) groups excluding carboxylic acids is 1. The van der Waals surface area contributed by atoms with Gasteiger partial charge in [-0.3, -0.25) is 4.79 Å². The minimum Gasteiger partial charge on any atom is -0.469 e. The summed E-state index contributed by atoms with van der Waals surface area (Å²) in [5, 5.41) is 0. The normalized spacial score (nSPS) is 10.0. The highest BCUT2D eigenvalue weighted by molar-refractivity contribution is 9.13. The highest BCUT2D eigenvalue weighted by Gasteiger charge is 2.10. The van der Waals surface area contributed by atoms with Crippen molar-refractivity contribution in [2.45, 2.75) is 6.42 Å². The Morgan fingerprint density at radius 3 is 2.71 bits per heavy atom. The summed E-state index contributed by atoms with van der Waals surface area (Å²) in [4.78, 5) is 11.0. The van der Waals surface area contributed by atoms with Crippen molar-refractivity contribution in [3.05, 3.63) is 32.5 Å². The van der Waals surface area contributed by atoms with Gasteiger partial charge in [-0.05, 0) is 49.6 Å². The first-order valence-corrected chi connectivity index (χ1v) is 5.33. The van der Waals surface area contributed by atoms with E-state index in [1.807, 2.05) is 0 Å². The van der Waals surface area contributed by atoms with E-state index in [1.165, 1.54) is 19.2 Å². The molecule has 1 aromatic rings. The van der Waals surface area contributed by atoms with Crippen molar-refractivity contribution in [3.8, 4) is 0 Å². The van der Waals surface area contributed by atoms with Crippen molar-refractivity contribution in [1.82, 2.24) is 0 Å². The summed E-state index contributed by atoms with van der Waals surface area (Å²) in [7, 11) is 1.30. The maximum Gasteiger partial charge on any atom is 0.310 e. The number of hydrogen-bond acceptors (Lipinski definition) is 2. The van der Waals surface area contributed by atoms with Crippen LogP contribution in [-0.4, -0.2) is 13.1 Å². The monoisotopic (exact) mass is 324 g/mol. The number of methoxy groups -OCH3 is 1. The predicted molar refractivity (Wildman–Crippen MR) is 57.5 cm³/mol. The summed E-state index contributed by atoms with van der Waals surface area (Å²) in [6.07, 6.45) is 0.0491. The van der Waals surface area contributed by atoms with E-state index in [-0.39, 0.29) is 12.2 Å². The Morgan fingerprint density at radius 1 is 1.50 bits per heavy atom. The molecule has 2 nitrogen and oxygen atoms in total. The first-order valence-electron chi connectivity index (χ1n) is 3.75. The molecule has 0 unspecified atom stereocenters. The fraction of sp³-hybridized carbons (Fsp3) is 0.222. The molecule has 0 bridgehead atoms. The second-order valence-corrected chi connectivity index (χ2v) is 4.26. The number of hydrogen-bond donors (Lipinski definition) is 0. The number of ether oxygens (including phenoxy) is 1. The van der Waals surface area contributed by atoms with Crippen LogP contribution in [-0.2, 0) is 16.0 Å². The second-order valence-electron chi connectivity index (χ2n) is 2.61. The molecule has 0 aliphatic rings. The van der Waals surface area contributed by atoms with Gasteiger partial charge < -0.3 is 4.74 Å². The smallest absolute Gasteiger partial charge is 0.310 e. The second kappa shape index (κ2) is 4.89. The van der Waals surface area contributed by atoms with Gasteiger partial charge >= 0.3 is 5.97 Å². The lowest BCUT2D eigenvalue weighted by atomic mass is 10.1. The van der Waals surface area contributed by atoms with Gasteiger partial charge in [-0.2, -0.15) is 0 Å². The van der Waals surface area contributed by atoms with Crippen LogP contribution < -0.4 is 0 Å². The molecule has 0 N–H and O–H groups in total. The van der Waals surface area contributed by atoms with Crippen LogP contribution in [0.25, 0.3) is 0 Å². The topological polar surface area (TPSA) is 26.3 Å². The van der Waals surface area contributed by atoms with E-state index in [9.17, 15) is 9.18 Å². The summed E-state index contributed by atoms with van der Waals surface area (Å²) in [6, 6.07) is 2.62. The zero-order valence-corrected chi connectivity index (χ0v) is 10.5. The molecule has 0 aliphatic heterocycles. The van der Waals surface area contributed by atoms with E-state index in [1.54, 1.807) is 0 Å². The molecule has 0 saturated heterocycles. The summed E-state index contributed by atoms with van der Waals surface area (Å²) in [6.45, 7) is 0. The van der Waals surface area contributed by atoms with Crippen LogP contribution >= 0.6 is 31.9 Å². The van der Waals surface area contributed by atoms with Crippen molar-refractivity contribution < 1.29 is 13.9 Å². The third-order valence-electron chi connectivity index (χ3n) is 1.63. The minimum atomic E-state index is -0.400. The van der Waals surface area contributed by atoms with Crippen LogP contribution in [0.5, 0.6) is 0 Å². The molecule has 0 radical (unpaired) electrons. The van der Waals surface area contributed by atoms with E-state index in [2.05, 4.69) is 36.6 Å². The van der Waals surface area contributed by atoms with Gasteiger partial charge in [-0.25, -0.2) is 4.39 Å². The highest BCUT2D eigenvalue weighted by Crippen LogP contribution is 2.28. The van der Waals surface area contributed by atoms with Crippen molar-refractivity contribution in [2.24, 2.45) is 0 Å². The Morgan fingerprint density at radius 2 is 2.14 bits per heavy atom. The lowest BCUT2D eigenvalue weighted by Gasteiger charge is -2.05. The van der Waals surface area contributed by atoms with Gasteiger partial charge in [0.25, 0.3) is 0 Å². The maximum absolute atomic E-state index is 13.0. The third kappa shape index (κ3) is 2.78. The van der Waals surface area contributed by atoms with Crippen molar-refractivity contribution in [1.29, 1.82) is 0 Å². The SMILES string of the molecule is COC(=O)Cc1cc(F)cc(Br)c1Br. The van der Waals surface area contributed by atoms with Gasteiger partial charge in [0.15, 0.2) is 0 Å². The number of halogens is 3. The zero-order chi connectivity index (χ0) is 10.7. The molecule has 0 amide bonds. The molecule has 0 fully saturated rings. The highest BCUT2D eigenvalue weighted by atomic mass is 79.9. The Hall–Kier alpha value is -0.420. The molecule has 0 spiro atoms. The Balaban J connectivity index is 3.02. The maximum atomic E-state index is 13.0. The fourth-order valence-corrected chi connectivity index (χ4v) is 1.81. The van der Waals surface area contributed by atoms with Crippen LogP contribution in [0.3, 0.4) is 0 Å². The minimum absolute atomic E-state index is 0.0491. The average Bonchev–Trinajstić information content (AvgIpc) is 2.13. The Kier molecular flexibility index (Phi) is 4.07. The summed E-state index contributed by atoms with van der Waals surface area (Å²) < 4.78 is 18.7. The van der Waals surface area contributed by atoms with E-state index in [4.69, 9.17) is 0 Å². The first-order chi connectivity index (χ1) is 6.54. The Bertz CT molecular complexity index is 366. The lowest BCUT2D eigenvalue weighted by molar-refractivity contribution is -0.139.